The van der Waals surface area contributed by atoms with E-state index < -0.39 is 0 Å². The fourth-order valence-electron chi connectivity index (χ4n) is 2.53. The lowest BCUT2D eigenvalue weighted by Crippen LogP contribution is -1.89. The molecule has 2 heteroatoms. The third kappa shape index (κ3) is 1.10. The summed E-state index contributed by atoms with van der Waals surface area (Å²) in [7, 11) is 2.08. The molecule has 1 aromatic carbocycles. The summed E-state index contributed by atoms with van der Waals surface area (Å²) in [5, 5.41) is 2.58. The van der Waals surface area contributed by atoms with Gasteiger partial charge in [-0.2, -0.15) is 0 Å². The molecule has 0 amide bonds. The fraction of sp³-hybridized carbons (Fsp3) is 0.214. The van der Waals surface area contributed by atoms with Crippen molar-refractivity contribution in [3.63, 3.8) is 0 Å². The van der Waals surface area contributed by atoms with Crippen molar-refractivity contribution in [1.82, 2.24) is 9.55 Å². The summed E-state index contributed by atoms with van der Waals surface area (Å²) >= 11 is 0. The zero-order valence-electron chi connectivity index (χ0n) is 9.78. The van der Waals surface area contributed by atoms with Gasteiger partial charge in [0.1, 0.15) is 5.65 Å². The number of rotatable bonds is 0. The number of aryl methyl sites for hydroxylation is 3. The van der Waals surface area contributed by atoms with Crippen LogP contribution in [0, 0.1) is 13.8 Å². The van der Waals surface area contributed by atoms with Crippen molar-refractivity contribution in [2.45, 2.75) is 13.8 Å². The third-order valence-electron chi connectivity index (χ3n) is 3.19. The summed E-state index contributed by atoms with van der Waals surface area (Å²) in [6, 6.07) is 8.60. The quantitative estimate of drug-likeness (QED) is 0.556. The van der Waals surface area contributed by atoms with Gasteiger partial charge in [0, 0.05) is 24.0 Å². The molecular weight excluding hydrogens is 196 g/mol. The van der Waals surface area contributed by atoms with Crippen LogP contribution in [0.4, 0.5) is 0 Å². The highest BCUT2D eigenvalue weighted by molar-refractivity contribution is 6.08. The summed E-state index contributed by atoms with van der Waals surface area (Å²) < 4.78 is 2.17. The molecule has 0 unspecified atom stereocenters. The molecule has 2 heterocycles. The Morgan fingerprint density at radius 3 is 2.81 bits per heavy atom. The Hall–Kier alpha value is -1.83. The normalized spacial score (nSPS) is 11.4. The summed E-state index contributed by atoms with van der Waals surface area (Å²) in [5.74, 6) is 0. The maximum Gasteiger partial charge on any atom is 0.140 e. The van der Waals surface area contributed by atoms with E-state index in [-0.39, 0.29) is 0 Å². The molecule has 0 saturated heterocycles. The molecular formula is C14H14N2. The SMILES string of the molecule is Cc1cc(C)c2c3cccnc3n(C)c2c1. The molecule has 0 spiro atoms. The average Bonchev–Trinajstić information content (AvgIpc) is 2.54. The van der Waals surface area contributed by atoms with E-state index in [4.69, 9.17) is 0 Å². The van der Waals surface area contributed by atoms with E-state index in [1.807, 2.05) is 12.3 Å². The lowest BCUT2D eigenvalue weighted by molar-refractivity contribution is 0.988. The molecule has 0 aliphatic carbocycles. The van der Waals surface area contributed by atoms with Crippen LogP contribution in [0.3, 0.4) is 0 Å². The van der Waals surface area contributed by atoms with Gasteiger partial charge in [-0.1, -0.05) is 6.07 Å². The molecule has 3 aromatic rings. The molecule has 0 radical (unpaired) electrons. The lowest BCUT2D eigenvalue weighted by Gasteiger charge is -2.01. The molecule has 0 atom stereocenters. The minimum Gasteiger partial charge on any atom is -0.328 e. The Morgan fingerprint density at radius 1 is 1.19 bits per heavy atom. The molecule has 0 saturated carbocycles. The Kier molecular flexibility index (Phi) is 1.81. The van der Waals surface area contributed by atoms with Gasteiger partial charge >= 0.3 is 0 Å². The minimum absolute atomic E-state index is 1.06. The van der Waals surface area contributed by atoms with E-state index in [2.05, 4.69) is 48.6 Å². The zero-order valence-corrected chi connectivity index (χ0v) is 9.78. The largest absolute Gasteiger partial charge is 0.328 e. The number of aromatic nitrogens is 2. The number of nitrogens with zero attached hydrogens (tertiary/aromatic N) is 2. The lowest BCUT2D eigenvalue weighted by atomic mass is 10.1. The number of benzene rings is 1. The van der Waals surface area contributed by atoms with Crippen LogP contribution in [0.25, 0.3) is 21.9 Å². The van der Waals surface area contributed by atoms with Gasteiger partial charge in [0.2, 0.25) is 0 Å². The highest BCUT2D eigenvalue weighted by Gasteiger charge is 2.10. The molecule has 3 rings (SSSR count). The van der Waals surface area contributed by atoms with Gasteiger partial charge in [-0.3, -0.25) is 0 Å². The molecule has 0 aliphatic heterocycles. The molecule has 0 N–H and O–H groups in total. The molecule has 2 nitrogen and oxygen atoms in total. The first kappa shape index (κ1) is 9.40. The van der Waals surface area contributed by atoms with E-state index in [0.717, 1.165) is 5.65 Å². The topological polar surface area (TPSA) is 17.8 Å². The number of hydrogen-bond donors (Lipinski definition) is 0. The smallest absolute Gasteiger partial charge is 0.140 e. The van der Waals surface area contributed by atoms with Crippen molar-refractivity contribution < 1.29 is 0 Å². The van der Waals surface area contributed by atoms with Crippen molar-refractivity contribution >= 4 is 21.9 Å². The predicted molar refractivity (Wildman–Crippen MR) is 67.7 cm³/mol. The van der Waals surface area contributed by atoms with Gasteiger partial charge in [0.15, 0.2) is 0 Å². The van der Waals surface area contributed by atoms with Crippen molar-refractivity contribution in [3.8, 4) is 0 Å². The Labute approximate surface area is 94.5 Å². The second kappa shape index (κ2) is 3.08. The molecule has 2 aromatic heterocycles. The van der Waals surface area contributed by atoms with Crippen LogP contribution in [-0.4, -0.2) is 9.55 Å². The predicted octanol–water partition coefficient (Wildman–Crippen LogP) is 3.34. The Bertz CT molecular complexity index is 693. The van der Waals surface area contributed by atoms with Crippen LogP contribution >= 0.6 is 0 Å². The highest BCUT2D eigenvalue weighted by Crippen LogP contribution is 2.29. The van der Waals surface area contributed by atoms with Gasteiger partial charge in [0.05, 0.1) is 5.52 Å². The first-order valence-electron chi connectivity index (χ1n) is 5.49. The number of hydrogen-bond acceptors (Lipinski definition) is 1. The first-order valence-corrected chi connectivity index (χ1v) is 5.49. The van der Waals surface area contributed by atoms with Gasteiger partial charge < -0.3 is 4.57 Å². The molecule has 0 bridgehead atoms. The molecule has 0 fully saturated rings. The number of pyridine rings is 1. The zero-order chi connectivity index (χ0) is 11.3. The van der Waals surface area contributed by atoms with E-state index in [0.29, 0.717) is 0 Å². The molecule has 80 valence electrons. The maximum absolute atomic E-state index is 4.45. The van der Waals surface area contributed by atoms with E-state index in [1.165, 1.54) is 27.4 Å². The molecule has 16 heavy (non-hydrogen) atoms. The first-order chi connectivity index (χ1) is 7.68. The van der Waals surface area contributed by atoms with Crippen LogP contribution in [-0.2, 0) is 7.05 Å². The Morgan fingerprint density at radius 2 is 2.00 bits per heavy atom. The van der Waals surface area contributed by atoms with Crippen LogP contribution in [0.1, 0.15) is 11.1 Å². The summed E-state index contributed by atoms with van der Waals surface area (Å²) in [5.41, 5.74) is 4.96. The maximum atomic E-state index is 4.45. The fourth-order valence-corrected chi connectivity index (χ4v) is 2.53. The summed E-state index contributed by atoms with van der Waals surface area (Å²) in [6.07, 6.45) is 1.85. The minimum atomic E-state index is 1.06. The second-order valence-electron chi connectivity index (χ2n) is 4.41. The Balaban J connectivity index is 2.67. The van der Waals surface area contributed by atoms with Gasteiger partial charge in [-0.25, -0.2) is 4.98 Å². The average molecular weight is 210 g/mol. The van der Waals surface area contributed by atoms with Crippen molar-refractivity contribution in [2.24, 2.45) is 7.05 Å². The number of fused-ring (bicyclic) bond motifs is 3. The van der Waals surface area contributed by atoms with Crippen LogP contribution in [0.5, 0.6) is 0 Å². The monoisotopic (exact) mass is 210 g/mol. The van der Waals surface area contributed by atoms with E-state index in [9.17, 15) is 0 Å². The highest BCUT2D eigenvalue weighted by atomic mass is 15.0. The van der Waals surface area contributed by atoms with Gasteiger partial charge in [-0.15, -0.1) is 0 Å². The van der Waals surface area contributed by atoms with Crippen molar-refractivity contribution in [1.29, 1.82) is 0 Å². The van der Waals surface area contributed by atoms with Gasteiger partial charge in [-0.05, 0) is 43.2 Å². The van der Waals surface area contributed by atoms with E-state index >= 15 is 0 Å². The molecule has 0 aliphatic rings. The van der Waals surface area contributed by atoms with Crippen molar-refractivity contribution in [3.05, 3.63) is 41.6 Å². The summed E-state index contributed by atoms with van der Waals surface area (Å²) in [6.45, 7) is 4.30. The van der Waals surface area contributed by atoms with E-state index in [1.54, 1.807) is 0 Å². The van der Waals surface area contributed by atoms with Crippen LogP contribution < -0.4 is 0 Å². The standard InChI is InChI=1S/C14H14N2/c1-9-7-10(2)13-11-5-4-6-15-14(11)16(3)12(13)8-9/h4-8H,1-3H3. The second-order valence-corrected chi connectivity index (χ2v) is 4.41. The third-order valence-corrected chi connectivity index (χ3v) is 3.19. The van der Waals surface area contributed by atoms with Crippen molar-refractivity contribution in [2.75, 3.05) is 0 Å². The van der Waals surface area contributed by atoms with Crippen LogP contribution in [0.2, 0.25) is 0 Å². The van der Waals surface area contributed by atoms with Crippen LogP contribution in [0.15, 0.2) is 30.5 Å². The summed E-state index contributed by atoms with van der Waals surface area (Å²) in [4.78, 5) is 4.45. The van der Waals surface area contributed by atoms with Gasteiger partial charge in [0.25, 0.3) is 0 Å².